The van der Waals surface area contributed by atoms with E-state index >= 15 is 0 Å². The van der Waals surface area contributed by atoms with E-state index in [-0.39, 0.29) is 22.0 Å². The van der Waals surface area contributed by atoms with E-state index in [1.807, 2.05) is 6.92 Å². The number of nitriles is 1. The van der Waals surface area contributed by atoms with E-state index in [4.69, 9.17) is 11.6 Å². The molecule has 0 atom stereocenters. The Balaban J connectivity index is 1.96. The van der Waals surface area contributed by atoms with Gasteiger partial charge < -0.3 is 5.32 Å². The van der Waals surface area contributed by atoms with Gasteiger partial charge in [-0.2, -0.15) is 5.26 Å². The van der Waals surface area contributed by atoms with Crippen LogP contribution in [0.2, 0.25) is 5.02 Å². The van der Waals surface area contributed by atoms with E-state index in [9.17, 15) is 18.5 Å². The smallest absolute Gasteiger partial charge is 0.264 e. The van der Waals surface area contributed by atoms with E-state index in [0.29, 0.717) is 16.3 Å². The lowest BCUT2D eigenvalue weighted by Crippen LogP contribution is -2.31. The number of hydrogen-bond donors (Lipinski definition) is 1. The van der Waals surface area contributed by atoms with Crippen molar-refractivity contribution in [2.24, 2.45) is 0 Å². The third-order valence-electron chi connectivity index (χ3n) is 4.58. The highest BCUT2D eigenvalue weighted by Gasteiger charge is 2.26. The molecule has 0 spiro atoms. The fourth-order valence-corrected chi connectivity index (χ4v) is 5.72. The summed E-state index contributed by atoms with van der Waals surface area (Å²) in [5.74, 6) is -0.504. The van der Waals surface area contributed by atoms with Gasteiger partial charge in [-0.15, -0.1) is 17.9 Å². The van der Waals surface area contributed by atoms with Gasteiger partial charge in [-0.25, -0.2) is 8.42 Å². The maximum absolute atomic E-state index is 13.4. The molecule has 0 saturated carbocycles. The Hall–Kier alpha value is -3.12. The number of carbonyl (C=O) groups is 1. The standard InChI is InChI=1S/C23H20ClN3O3S2/c1-3-12-27(21-11-6-5-10-20(21)24)32(29,30)19-9-7-8-16(14-19)22(28)26-23-17(15-25)13-18(4-2)31-23/h3,5-11,13-14H,1,4,12H2,2H3,(H,26,28). The average Bonchev–Trinajstić information content (AvgIpc) is 3.20. The predicted octanol–water partition coefficient (Wildman–Crippen LogP) is 5.47. The van der Waals surface area contributed by atoms with Crippen molar-refractivity contribution in [2.75, 3.05) is 16.2 Å². The second-order valence-corrected chi connectivity index (χ2v) is 10.1. The first-order chi connectivity index (χ1) is 15.3. The van der Waals surface area contributed by atoms with Crippen molar-refractivity contribution < 1.29 is 13.2 Å². The van der Waals surface area contributed by atoms with E-state index in [1.165, 1.54) is 41.7 Å². The van der Waals surface area contributed by atoms with Crippen molar-refractivity contribution in [3.63, 3.8) is 0 Å². The van der Waals surface area contributed by atoms with Crippen LogP contribution in [-0.4, -0.2) is 20.9 Å². The molecule has 0 bridgehead atoms. The summed E-state index contributed by atoms with van der Waals surface area (Å²) in [4.78, 5) is 13.7. The van der Waals surface area contributed by atoms with Gasteiger partial charge in [0.15, 0.2) is 0 Å². The number of sulfonamides is 1. The molecular weight excluding hydrogens is 466 g/mol. The van der Waals surface area contributed by atoms with Crippen molar-refractivity contribution in [3.05, 3.63) is 88.3 Å². The lowest BCUT2D eigenvalue weighted by atomic mass is 10.2. The fourth-order valence-electron chi connectivity index (χ4n) is 2.99. The highest BCUT2D eigenvalue weighted by atomic mass is 35.5. The van der Waals surface area contributed by atoms with Crippen molar-refractivity contribution >= 4 is 49.6 Å². The zero-order valence-electron chi connectivity index (χ0n) is 17.2. The van der Waals surface area contributed by atoms with E-state index in [1.54, 1.807) is 30.3 Å². The molecule has 0 aliphatic rings. The second-order valence-electron chi connectivity index (χ2n) is 6.68. The van der Waals surface area contributed by atoms with Crippen molar-refractivity contribution in [2.45, 2.75) is 18.2 Å². The summed E-state index contributed by atoms with van der Waals surface area (Å²) in [6, 6.07) is 16.1. The normalized spacial score (nSPS) is 10.9. The van der Waals surface area contributed by atoms with Gasteiger partial charge in [-0.1, -0.05) is 42.8 Å². The zero-order valence-corrected chi connectivity index (χ0v) is 19.6. The Bertz CT molecular complexity index is 1310. The van der Waals surface area contributed by atoms with Gasteiger partial charge in [-0.3, -0.25) is 9.10 Å². The number of hydrogen-bond acceptors (Lipinski definition) is 5. The van der Waals surface area contributed by atoms with Crippen LogP contribution >= 0.6 is 22.9 Å². The molecule has 3 aromatic rings. The minimum absolute atomic E-state index is 0.00299. The van der Waals surface area contributed by atoms with Crippen LogP contribution in [0.3, 0.4) is 0 Å². The van der Waals surface area contributed by atoms with Crippen LogP contribution in [0.15, 0.2) is 72.1 Å². The highest BCUT2D eigenvalue weighted by molar-refractivity contribution is 7.92. The highest BCUT2D eigenvalue weighted by Crippen LogP contribution is 2.31. The minimum atomic E-state index is -4.03. The maximum Gasteiger partial charge on any atom is 0.264 e. The number of benzene rings is 2. The molecule has 0 radical (unpaired) electrons. The SMILES string of the molecule is C=CCN(c1ccccc1Cl)S(=O)(=O)c1cccc(C(=O)Nc2sc(CC)cc2C#N)c1. The second kappa shape index (κ2) is 10.0. The molecule has 164 valence electrons. The summed E-state index contributed by atoms with van der Waals surface area (Å²) in [5.41, 5.74) is 0.840. The van der Waals surface area contributed by atoms with Crippen molar-refractivity contribution in [1.29, 1.82) is 5.26 Å². The van der Waals surface area contributed by atoms with Gasteiger partial charge >= 0.3 is 0 Å². The molecule has 1 amide bonds. The molecule has 0 aliphatic carbocycles. The molecule has 3 rings (SSSR count). The molecule has 0 fully saturated rings. The number of rotatable bonds is 8. The Morgan fingerprint density at radius 3 is 2.66 bits per heavy atom. The summed E-state index contributed by atoms with van der Waals surface area (Å²) >= 11 is 7.55. The van der Waals surface area contributed by atoms with E-state index in [0.717, 1.165) is 15.6 Å². The lowest BCUT2D eigenvalue weighted by Gasteiger charge is -2.24. The number of aryl methyl sites for hydroxylation is 1. The molecule has 9 heteroatoms. The molecule has 0 saturated heterocycles. The summed E-state index contributed by atoms with van der Waals surface area (Å²) < 4.78 is 27.9. The molecule has 32 heavy (non-hydrogen) atoms. The number of para-hydroxylation sites is 1. The quantitative estimate of drug-likeness (QED) is 0.428. The first-order valence-electron chi connectivity index (χ1n) is 9.64. The number of nitrogens with zero attached hydrogens (tertiary/aromatic N) is 2. The molecule has 1 aromatic heterocycles. The van der Waals surface area contributed by atoms with Gasteiger partial charge in [0.05, 0.1) is 27.7 Å². The van der Waals surface area contributed by atoms with E-state index < -0.39 is 15.9 Å². The van der Waals surface area contributed by atoms with Crippen LogP contribution in [0.25, 0.3) is 0 Å². The van der Waals surface area contributed by atoms with Crippen LogP contribution < -0.4 is 9.62 Å². The topological polar surface area (TPSA) is 90.3 Å². The average molecular weight is 486 g/mol. The van der Waals surface area contributed by atoms with E-state index in [2.05, 4.69) is 18.0 Å². The summed E-state index contributed by atoms with van der Waals surface area (Å²) in [6.45, 7) is 5.60. The van der Waals surface area contributed by atoms with Gasteiger partial charge in [-0.05, 0) is 42.8 Å². The summed E-state index contributed by atoms with van der Waals surface area (Å²) in [7, 11) is -4.03. The summed E-state index contributed by atoms with van der Waals surface area (Å²) in [5, 5.41) is 12.7. The van der Waals surface area contributed by atoms with Crippen LogP contribution in [0, 0.1) is 11.3 Å². The zero-order chi connectivity index (χ0) is 23.3. The number of nitrogens with one attached hydrogen (secondary N) is 1. The number of amides is 1. The van der Waals surface area contributed by atoms with Gasteiger partial charge in [0.1, 0.15) is 11.1 Å². The number of halogens is 1. The third-order valence-corrected chi connectivity index (χ3v) is 7.87. The van der Waals surface area contributed by atoms with Crippen molar-refractivity contribution in [1.82, 2.24) is 0 Å². The fraction of sp³-hybridized carbons (Fsp3) is 0.130. The van der Waals surface area contributed by atoms with Crippen LogP contribution in [-0.2, 0) is 16.4 Å². The van der Waals surface area contributed by atoms with Gasteiger partial charge in [0.2, 0.25) is 0 Å². The van der Waals surface area contributed by atoms with Crippen LogP contribution in [0.1, 0.15) is 27.7 Å². The van der Waals surface area contributed by atoms with Crippen LogP contribution in [0.4, 0.5) is 10.7 Å². The number of anilines is 2. The van der Waals surface area contributed by atoms with Gasteiger partial charge in [0, 0.05) is 10.4 Å². The minimum Gasteiger partial charge on any atom is -0.312 e. The molecule has 1 heterocycles. The molecule has 1 N–H and O–H groups in total. The van der Waals surface area contributed by atoms with Crippen molar-refractivity contribution in [3.8, 4) is 6.07 Å². The Morgan fingerprint density at radius 2 is 2.00 bits per heavy atom. The lowest BCUT2D eigenvalue weighted by molar-refractivity contribution is 0.102. The summed E-state index contributed by atoms with van der Waals surface area (Å²) in [6.07, 6.45) is 2.20. The maximum atomic E-state index is 13.4. The van der Waals surface area contributed by atoms with Gasteiger partial charge in [0.25, 0.3) is 15.9 Å². The van der Waals surface area contributed by atoms with Crippen LogP contribution in [0.5, 0.6) is 0 Å². The third kappa shape index (κ3) is 4.86. The largest absolute Gasteiger partial charge is 0.312 e. The Morgan fingerprint density at radius 1 is 1.25 bits per heavy atom. The number of carbonyl (C=O) groups excluding carboxylic acids is 1. The first-order valence-corrected chi connectivity index (χ1v) is 12.3. The number of thiophene rings is 1. The molecule has 6 nitrogen and oxygen atoms in total. The molecule has 0 aliphatic heterocycles. The molecule has 0 unspecified atom stereocenters. The first kappa shape index (κ1) is 23.5. The predicted molar refractivity (Wildman–Crippen MR) is 129 cm³/mol. The molecular formula is C23H20ClN3O3S2. The Labute approximate surface area is 196 Å². The Kier molecular flexibility index (Phi) is 7.36. The molecule has 2 aromatic carbocycles. The monoisotopic (exact) mass is 485 g/mol.